The van der Waals surface area contributed by atoms with Gasteiger partial charge in [0.25, 0.3) is 11.8 Å². The molecule has 0 spiro atoms. The minimum Gasteiger partial charge on any atom is -0.454 e. The third-order valence-corrected chi connectivity index (χ3v) is 4.84. The van der Waals surface area contributed by atoms with Gasteiger partial charge >= 0.3 is 0 Å². The number of amides is 2. The van der Waals surface area contributed by atoms with Crippen molar-refractivity contribution in [3.05, 3.63) is 102 Å². The third kappa shape index (κ3) is 5.44. The second kappa shape index (κ2) is 10.0. The Bertz CT molecular complexity index is 1430. The van der Waals surface area contributed by atoms with Gasteiger partial charge < -0.3 is 15.4 Å². The minimum atomic E-state index is -0.781. The van der Waals surface area contributed by atoms with Crippen molar-refractivity contribution in [3.63, 3.8) is 0 Å². The van der Waals surface area contributed by atoms with E-state index in [0.717, 1.165) is 18.2 Å². The lowest BCUT2D eigenvalue weighted by molar-refractivity contribution is 0.0957. The molecule has 0 aliphatic rings. The molecule has 2 N–H and O–H groups in total. The van der Waals surface area contributed by atoms with Gasteiger partial charge in [-0.2, -0.15) is 0 Å². The fraction of sp³-hybridized carbons (Fsp3) is 0.0400. The number of aromatic nitrogens is 2. The number of carbonyl (C=O) groups is 2. The fourth-order valence-electron chi connectivity index (χ4n) is 3.16. The summed E-state index contributed by atoms with van der Waals surface area (Å²) in [6, 6.07) is 12.5. The van der Waals surface area contributed by atoms with Crippen LogP contribution in [0.5, 0.6) is 11.5 Å². The van der Waals surface area contributed by atoms with Gasteiger partial charge in [-0.15, -0.1) is 0 Å². The number of nitrogens with one attached hydrogen (secondary N) is 2. The molecule has 0 unspecified atom stereocenters. The van der Waals surface area contributed by atoms with Gasteiger partial charge in [0.1, 0.15) is 28.8 Å². The van der Waals surface area contributed by atoms with E-state index < -0.39 is 29.3 Å². The largest absolute Gasteiger partial charge is 0.454 e. The third-order valence-electron chi connectivity index (χ3n) is 4.84. The van der Waals surface area contributed by atoms with Crippen molar-refractivity contribution in [2.24, 2.45) is 0 Å². The zero-order valence-electron chi connectivity index (χ0n) is 18.2. The van der Waals surface area contributed by atoms with Crippen molar-refractivity contribution < 1.29 is 27.5 Å². The van der Waals surface area contributed by atoms with Crippen LogP contribution in [0.3, 0.4) is 0 Å². The summed E-state index contributed by atoms with van der Waals surface area (Å²) < 4.78 is 47.4. The monoisotopic (exact) mass is 478 g/mol. The Balaban J connectivity index is 1.49. The van der Waals surface area contributed by atoms with Crippen LogP contribution in [-0.2, 0) is 0 Å². The molecule has 4 aromatic rings. The highest BCUT2D eigenvalue weighted by atomic mass is 19.1. The highest BCUT2D eigenvalue weighted by Gasteiger charge is 2.14. The maximum atomic E-state index is 14.6. The lowest BCUT2D eigenvalue weighted by atomic mass is 10.1. The van der Waals surface area contributed by atoms with E-state index in [1.165, 1.54) is 61.9 Å². The molecule has 10 heteroatoms. The Morgan fingerprint density at radius 1 is 0.800 bits per heavy atom. The molecule has 35 heavy (non-hydrogen) atoms. The van der Waals surface area contributed by atoms with E-state index >= 15 is 0 Å². The van der Waals surface area contributed by atoms with Crippen molar-refractivity contribution in [2.45, 2.75) is 0 Å². The molecule has 4 rings (SSSR count). The molecule has 2 aromatic carbocycles. The van der Waals surface area contributed by atoms with Crippen LogP contribution >= 0.6 is 0 Å². The van der Waals surface area contributed by atoms with Crippen LogP contribution in [0.25, 0.3) is 11.1 Å². The number of hydrogen-bond donors (Lipinski definition) is 2. The van der Waals surface area contributed by atoms with Crippen LogP contribution in [0.15, 0.2) is 73.1 Å². The fourth-order valence-corrected chi connectivity index (χ4v) is 3.16. The Morgan fingerprint density at radius 2 is 1.54 bits per heavy atom. The molecule has 0 saturated carbocycles. The van der Waals surface area contributed by atoms with E-state index in [1.807, 2.05) is 0 Å². The number of nitrogens with zero attached hydrogens (tertiary/aromatic N) is 2. The minimum absolute atomic E-state index is 0.0505. The van der Waals surface area contributed by atoms with Crippen LogP contribution in [0.4, 0.5) is 18.9 Å². The highest BCUT2D eigenvalue weighted by molar-refractivity contribution is 6.03. The number of ether oxygens (including phenoxy) is 1. The zero-order valence-corrected chi connectivity index (χ0v) is 18.2. The molecule has 0 aliphatic carbocycles. The molecule has 176 valence electrons. The predicted octanol–water partition coefficient (Wildman–Crippen LogP) is 4.97. The first kappa shape index (κ1) is 23.4. The maximum absolute atomic E-state index is 14.6. The van der Waals surface area contributed by atoms with Crippen molar-refractivity contribution in [1.29, 1.82) is 0 Å². The van der Waals surface area contributed by atoms with E-state index in [4.69, 9.17) is 4.74 Å². The summed E-state index contributed by atoms with van der Waals surface area (Å²) in [6.07, 6.45) is 2.66. The van der Waals surface area contributed by atoms with Crippen molar-refractivity contribution in [1.82, 2.24) is 15.3 Å². The summed E-state index contributed by atoms with van der Waals surface area (Å²) in [7, 11) is 1.46. The Hall–Kier alpha value is -4.73. The molecular formula is C25H17F3N4O3. The van der Waals surface area contributed by atoms with Crippen LogP contribution in [0, 0.1) is 17.5 Å². The van der Waals surface area contributed by atoms with E-state index in [0.29, 0.717) is 5.56 Å². The predicted molar refractivity (Wildman–Crippen MR) is 122 cm³/mol. The molecular weight excluding hydrogens is 461 g/mol. The van der Waals surface area contributed by atoms with E-state index in [9.17, 15) is 22.8 Å². The second-order valence-corrected chi connectivity index (χ2v) is 7.21. The lowest BCUT2D eigenvalue weighted by Crippen LogP contribution is -2.18. The highest BCUT2D eigenvalue weighted by Crippen LogP contribution is 2.28. The smallest absolute Gasteiger partial charge is 0.274 e. The molecule has 7 nitrogen and oxygen atoms in total. The summed E-state index contributed by atoms with van der Waals surface area (Å²) in [5, 5.41) is 4.94. The van der Waals surface area contributed by atoms with Crippen LogP contribution in [0.2, 0.25) is 0 Å². The molecule has 0 aliphatic heterocycles. The van der Waals surface area contributed by atoms with Crippen molar-refractivity contribution in [2.75, 3.05) is 12.4 Å². The molecule has 0 bridgehead atoms. The van der Waals surface area contributed by atoms with Crippen LogP contribution in [-0.4, -0.2) is 28.8 Å². The molecule has 0 fully saturated rings. The first-order chi connectivity index (χ1) is 16.8. The quantitative estimate of drug-likeness (QED) is 0.408. The van der Waals surface area contributed by atoms with Gasteiger partial charge in [-0.05, 0) is 48.0 Å². The summed E-state index contributed by atoms with van der Waals surface area (Å²) in [6.45, 7) is 0. The number of halogens is 3. The Labute approximate surface area is 197 Å². The SMILES string of the molecule is CNC(=O)c1cc(Oc2ccc(NC(=O)c3cc(-c4ccc(F)cc4F)ccn3)cc2F)ccn1. The second-order valence-electron chi connectivity index (χ2n) is 7.21. The first-order valence-electron chi connectivity index (χ1n) is 10.2. The number of carbonyl (C=O) groups excluding carboxylic acids is 2. The lowest BCUT2D eigenvalue weighted by Gasteiger charge is -2.10. The van der Waals surface area contributed by atoms with Crippen molar-refractivity contribution in [3.8, 4) is 22.6 Å². The maximum Gasteiger partial charge on any atom is 0.274 e. The summed E-state index contributed by atoms with van der Waals surface area (Å²) >= 11 is 0. The topological polar surface area (TPSA) is 93.2 Å². The molecule has 0 radical (unpaired) electrons. The van der Waals surface area contributed by atoms with E-state index in [2.05, 4.69) is 20.6 Å². The van der Waals surface area contributed by atoms with Crippen LogP contribution < -0.4 is 15.4 Å². The number of anilines is 1. The normalized spacial score (nSPS) is 10.5. The number of rotatable bonds is 6. The van der Waals surface area contributed by atoms with Gasteiger partial charge in [0.2, 0.25) is 0 Å². The summed E-state index contributed by atoms with van der Waals surface area (Å²) in [5.41, 5.74) is 0.605. The Kier molecular flexibility index (Phi) is 6.72. The van der Waals surface area contributed by atoms with Crippen molar-refractivity contribution >= 4 is 17.5 Å². The molecule has 2 amide bonds. The van der Waals surface area contributed by atoms with Gasteiger partial charge in [-0.25, -0.2) is 13.2 Å². The zero-order chi connectivity index (χ0) is 24.9. The number of hydrogen-bond acceptors (Lipinski definition) is 5. The van der Waals surface area contributed by atoms with Crippen LogP contribution in [0.1, 0.15) is 21.0 Å². The standard InChI is InChI=1S/C25H17F3N4O3/c1-29-24(33)22-13-17(7-9-31-22)35-23-5-3-16(12-20(23)28)32-25(34)21-10-14(6-8-30-21)18-4-2-15(26)11-19(18)27/h2-13H,1H3,(H,29,33)(H,32,34). The average molecular weight is 478 g/mol. The van der Waals surface area contributed by atoms with E-state index in [1.54, 1.807) is 0 Å². The Morgan fingerprint density at radius 3 is 2.26 bits per heavy atom. The first-order valence-corrected chi connectivity index (χ1v) is 10.2. The van der Waals surface area contributed by atoms with Gasteiger partial charge in [-0.3, -0.25) is 19.6 Å². The molecule has 0 atom stereocenters. The van der Waals surface area contributed by atoms with Gasteiger partial charge in [0, 0.05) is 48.9 Å². The molecule has 0 saturated heterocycles. The summed E-state index contributed by atoms with van der Waals surface area (Å²) in [4.78, 5) is 32.2. The van der Waals surface area contributed by atoms with Gasteiger partial charge in [-0.1, -0.05) is 0 Å². The van der Waals surface area contributed by atoms with Gasteiger partial charge in [0.15, 0.2) is 11.6 Å². The molecule has 2 heterocycles. The summed E-state index contributed by atoms with van der Waals surface area (Å²) in [5.74, 6) is -3.29. The number of benzene rings is 2. The van der Waals surface area contributed by atoms with Gasteiger partial charge in [0.05, 0.1) is 0 Å². The van der Waals surface area contributed by atoms with E-state index in [-0.39, 0.29) is 34.1 Å². The molecule has 2 aromatic heterocycles. The number of pyridine rings is 2. The average Bonchev–Trinajstić information content (AvgIpc) is 2.85.